The Balaban J connectivity index is 1.81. The van der Waals surface area contributed by atoms with E-state index in [0.29, 0.717) is 17.6 Å². The number of nitro benzene ring substituents is 1. The Morgan fingerprint density at radius 2 is 1.81 bits per heavy atom. The first-order chi connectivity index (χ1) is 14.9. The third kappa shape index (κ3) is 4.32. The maximum absolute atomic E-state index is 13.5. The predicted octanol–water partition coefficient (Wildman–Crippen LogP) is 6.17. The van der Waals surface area contributed by atoms with Gasteiger partial charge < -0.3 is 0 Å². The molecular weight excluding hydrogens is 410 g/mol. The molecule has 0 N–H and O–H groups in total. The summed E-state index contributed by atoms with van der Waals surface area (Å²) in [6.07, 6.45) is 0. The molecule has 0 saturated carbocycles. The SMILES string of the molecule is CC(C)c1cccc2sc(N(Cc3ccccc3)C(=O)c3cccc([N+](=O)[O-])c3)nc12. The average molecular weight is 432 g/mol. The number of rotatable bonds is 6. The van der Waals surface area contributed by atoms with Gasteiger partial charge in [0.05, 0.1) is 21.7 Å². The fourth-order valence-electron chi connectivity index (χ4n) is 3.44. The maximum atomic E-state index is 13.5. The van der Waals surface area contributed by atoms with E-state index in [0.717, 1.165) is 21.3 Å². The summed E-state index contributed by atoms with van der Waals surface area (Å²) in [5.41, 5.74) is 3.11. The number of nitro groups is 1. The van der Waals surface area contributed by atoms with Crippen molar-refractivity contribution in [2.24, 2.45) is 0 Å². The third-order valence-electron chi connectivity index (χ3n) is 5.02. The van der Waals surface area contributed by atoms with Crippen LogP contribution < -0.4 is 4.90 Å². The molecule has 0 fully saturated rings. The normalized spacial score (nSPS) is 11.1. The van der Waals surface area contributed by atoms with E-state index >= 15 is 0 Å². The first-order valence-corrected chi connectivity index (χ1v) is 10.8. The van der Waals surface area contributed by atoms with Crippen molar-refractivity contribution < 1.29 is 9.72 Å². The van der Waals surface area contributed by atoms with Gasteiger partial charge in [-0.05, 0) is 29.2 Å². The highest BCUT2D eigenvalue weighted by Crippen LogP contribution is 2.35. The van der Waals surface area contributed by atoms with Crippen LogP contribution in [-0.2, 0) is 6.54 Å². The van der Waals surface area contributed by atoms with E-state index in [1.807, 2.05) is 42.5 Å². The molecule has 0 aliphatic carbocycles. The van der Waals surface area contributed by atoms with Crippen LogP contribution in [0.4, 0.5) is 10.8 Å². The molecule has 0 saturated heterocycles. The number of carbonyl (C=O) groups excluding carboxylic acids is 1. The van der Waals surface area contributed by atoms with Crippen LogP contribution in [0.15, 0.2) is 72.8 Å². The molecule has 0 aliphatic heterocycles. The second kappa shape index (κ2) is 8.65. The summed E-state index contributed by atoms with van der Waals surface area (Å²) in [6, 6.07) is 21.5. The average Bonchev–Trinajstić information content (AvgIpc) is 3.21. The predicted molar refractivity (Wildman–Crippen MR) is 124 cm³/mol. The van der Waals surface area contributed by atoms with Crippen LogP contribution >= 0.6 is 11.3 Å². The summed E-state index contributed by atoms with van der Waals surface area (Å²) >= 11 is 1.45. The van der Waals surface area contributed by atoms with Gasteiger partial charge in [-0.25, -0.2) is 4.98 Å². The Labute approximate surface area is 183 Å². The number of nitrogens with zero attached hydrogens (tertiary/aromatic N) is 3. The lowest BCUT2D eigenvalue weighted by atomic mass is 10.0. The number of amides is 1. The lowest BCUT2D eigenvalue weighted by Gasteiger charge is -2.20. The molecule has 1 aromatic heterocycles. The van der Waals surface area contributed by atoms with Crippen LogP contribution in [0, 0.1) is 10.1 Å². The smallest absolute Gasteiger partial charge is 0.270 e. The van der Waals surface area contributed by atoms with Crippen LogP contribution in [0.2, 0.25) is 0 Å². The Morgan fingerprint density at radius 1 is 1.06 bits per heavy atom. The van der Waals surface area contributed by atoms with Crippen LogP contribution in [0.1, 0.15) is 41.3 Å². The number of anilines is 1. The van der Waals surface area contributed by atoms with Crippen LogP contribution in [-0.4, -0.2) is 15.8 Å². The summed E-state index contributed by atoms with van der Waals surface area (Å²) in [5, 5.41) is 11.8. The molecule has 1 heterocycles. The standard InChI is InChI=1S/C24H21N3O3S/c1-16(2)20-12-7-13-21-22(20)25-24(31-21)26(15-17-8-4-3-5-9-17)23(28)18-10-6-11-19(14-18)27(29)30/h3-14,16H,15H2,1-2H3. The molecule has 156 valence electrons. The number of para-hydroxylation sites is 1. The van der Waals surface area contributed by atoms with Crippen molar-refractivity contribution in [1.29, 1.82) is 0 Å². The summed E-state index contributed by atoms with van der Waals surface area (Å²) in [5.74, 6) is -0.0218. The van der Waals surface area contributed by atoms with Gasteiger partial charge in [-0.15, -0.1) is 0 Å². The highest BCUT2D eigenvalue weighted by molar-refractivity contribution is 7.22. The zero-order valence-electron chi connectivity index (χ0n) is 17.2. The molecule has 1 amide bonds. The molecule has 31 heavy (non-hydrogen) atoms. The quantitative estimate of drug-likeness (QED) is 0.270. The van der Waals surface area contributed by atoms with Gasteiger partial charge in [0.15, 0.2) is 5.13 Å². The number of aromatic nitrogens is 1. The Bertz CT molecular complexity index is 1250. The molecule has 7 heteroatoms. The van der Waals surface area contributed by atoms with Gasteiger partial charge in [-0.2, -0.15) is 0 Å². The highest BCUT2D eigenvalue weighted by Gasteiger charge is 2.24. The van der Waals surface area contributed by atoms with Crippen LogP contribution in [0.25, 0.3) is 10.2 Å². The van der Waals surface area contributed by atoms with Crippen LogP contribution in [0.5, 0.6) is 0 Å². The molecule has 3 aromatic carbocycles. The minimum Gasteiger partial charge on any atom is -0.279 e. The summed E-state index contributed by atoms with van der Waals surface area (Å²) in [7, 11) is 0. The van der Waals surface area contributed by atoms with E-state index in [4.69, 9.17) is 4.98 Å². The van der Waals surface area contributed by atoms with Crippen molar-refractivity contribution in [3.63, 3.8) is 0 Å². The maximum Gasteiger partial charge on any atom is 0.270 e. The molecular formula is C24H21N3O3S. The molecule has 4 rings (SSSR count). The fraction of sp³-hybridized carbons (Fsp3) is 0.167. The minimum absolute atomic E-state index is 0.114. The largest absolute Gasteiger partial charge is 0.279 e. The van der Waals surface area contributed by atoms with E-state index in [1.165, 1.54) is 29.5 Å². The Kier molecular flexibility index (Phi) is 5.77. The first kappa shape index (κ1) is 20.7. The van der Waals surface area contributed by atoms with Gasteiger partial charge in [0.2, 0.25) is 0 Å². The lowest BCUT2D eigenvalue weighted by Crippen LogP contribution is -2.30. The minimum atomic E-state index is -0.495. The number of thiazole rings is 1. The number of fused-ring (bicyclic) bond motifs is 1. The van der Waals surface area contributed by atoms with Crippen molar-refractivity contribution in [2.45, 2.75) is 26.3 Å². The molecule has 0 bridgehead atoms. The topological polar surface area (TPSA) is 76.3 Å². The van der Waals surface area contributed by atoms with E-state index in [1.54, 1.807) is 11.0 Å². The number of hydrogen-bond acceptors (Lipinski definition) is 5. The van der Waals surface area contributed by atoms with Crippen molar-refractivity contribution in [3.05, 3.63) is 99.6 Å². The van der Waals surface area contributed by atoms with Crippen LogP contribution in [0.3, 0.4) is 0 Å². The van der Waals surface area contributed by atoms with Gasteiger partial charge in [0.25, 0.3) is 11.6 Å². The lowest BCUT2D eigenvalue weighted by molar-refractivity contribution is -0.384. The van der Waals surface area contributed by atoms with Crippen molar-refractivity contribution in [1.82, 2.24) is 4.98 Å². The molecule has 4 aromatic rings. The zero-order chi connectivity index (χ0) is 22.0. The molecule has 6 nitrogen and oxygen atoms in total. The third-order valence-corrected chi connectivity index (χ3v) is 6.07. The van der Waals surface area contributed by atoms with Gasteiger partial charge in [-0.1, -0.05) is 73.7 Å². The van der Waals surface area contributed by atoms with Crippen molar-refractivity contribution >= 4 is 38.3 Å². The van der Waals surface area contributed by atoms with Gasteiger partial charge in [0, 0.05) is 17.7 Å². The highest BCUT2D eigenvalue weighted by atomic mass is 32.1. The summed E-state index contributed by atoms with van der Waals surface area (Å²) in [4.78, 5) is 30.6. The fourth-order valence-corrected chi connectivity index (χ4v) is 4.44. The van der Waals surface area contributed by atoms with Crippen molar-refractivity contribution in [2.75, 3.05) is 4.90 Å². The molecule has 0 radical (unpaired) electrons. The second-order valence-electron chi connectivity index (χ2n) is 7.53. The second-order valence-corrected chi connectivity index (χ2v) is 8.54. The Hall–Kier alpha value is -3.58. The van der Waals surface area contributed by atoms with E-state index in [9.17, 15) is 14.9 Å². The number of carbonyl (C=O) groups is 1. The van der Waals surface area contributed by atoms with E-state index in [2.05, 4.69) is 19.9 Å². The first-order valence-electron chi connectivity index (χ1n) is 9.93. The Morgan fingerprint density at radius 3 is 2.52 bits per heavy atom. The molecule has 0 spiro atoms. The number of non-ortho nitro benzene ring substituents is 1. The number of benzene rings is 3. The monoisotopic (exact) mass is 431 g/mol. The number of hydrogen-bond donors (Lipinski definition) is 0. The van der Waals surface area contributed by atoms with Crippen molar-refractivity contribution in [3.8, 4) is 0 Å². The molecule has 0 atom stereocenters. The molecule has 0 unspecified atom stereocenters. The molecule has 0 aliphatic rings. The summed E-state index contributed by atoms with van der Waals surface area (Å²) < 4.78 is 1.01. The zero-order valence-corrected chi connectivity index (χ0v) is 18.0. The van der Waals surface area contributed by atoms with Gasteiger partial charge >= 0.3 is 0 Å². The summed E-state index contributed by atoms with van der Waals surface area (Å²) in [6.45, 7) is 4.55. The van der Waals surface area contributed by atoms with E-state index < -0.39 is 4.92 Å². The van der Waals surface area contributed by atoms with Gasteiger partial charge in [-0.3, -0.25) is 19.8 Å². The van der Waals surface area contributed by atoms with Gasteiger partial charge in [0.1, 0.15) is 0 Å². The van der Waals surface area contributed by atoms with E-state index in [-0.39, 0.29) is 17.2 Å².